The molecule has 2 aromatic heterocycles. The normalized spacial score (nSPS) is 13.3. The molecule has 5 rings (SSSR count). The monoisotopic (exact) mass is 482 g/mol. The Hall–Kier alpha value is -2.28. The Labute approximate surface area is 200 Å². The van der Waals surface area contributed by atoms with Crippen LogP contribution in [0.5, 0.6) is 5.75 Å². The van der Waals surface area contributed by atoms with Gasteiger partial charge in [-0.05, 0) is 74.1 Å². The van der Waals surface area contributed by atoms with E-state index in [9.17, 15) is 4.79 Å². The summed E-state index contributed by atoms with van der Waals surface area (Å²) in [5.74, 6) is 1.43. The van der Waals surface area contributed by atoms with Crippen molar-refractivity contribution in [2.75, 3.05) is 6.61 Å². The van der Waals surface area contributed by atoms with Crippen molar-refractivity contribution in [3.63, 3.8) is 0 Å². The van der Waals surface area contributed by atoms with Crippen molar-refractivity contribution >= 4 is 44.9 Å². The number of aryl methyl sites for hydroxylation is 2. The molecule has 2 aromatic carbocycles. The highest BCUT2D eigenvalue weighted by Crippen LogP contribution is 2.36. The zero-order chi connectivity index (χ0) is 22.1. The van der Waals surface area contributed by atoms with Gasteiger partial charge in [-0.3, -0.25) is 9.36 Å². The summed E-state index contributed by atoms with van der Waals surface area (Å²) in [6.45, 7) is 2.56. The number of hydrogen-bond donors (Lipinski definition) is 0. The minimum atomic E-state index is 0.0141. The van der Waals surface area contributed by atoms with Crippen molar-refractivity contribution in [2.45, 2.75) is 43.5 Å². The summed E-state index contributed by atoms with van der Waals surface area (Å²) >= 11 is 9.60. The number of ether oxygens (including phenoxy) is 1. The number of fused-ring (bicyclic) bond motifs is 3. The van der Waals surface area contributed by atoms with Crippen LogP contribution in [0.15, 0.2) is 58.5 Å². The van der Waals surface area contributed by atoms with Gasteiger partial charge in [-0.2, -0.15) is 0 Å². The van der Waals surface area contributed by atoms with E-state index >= 15 is 0 Å². The first kappa shape index (κ1) is 21.6. The number of thioether (sulfide) groups is 1. The molecule has 1 aliphatic rings. The van der Waals surface area contributed by atoms with Gasteiger partial charge >= 0.3 is 0 Å². The number of aromatic nitrogens is 2. The largest absolute Gasteiger partial charge is 0.494 e. The van der Waals surface area contributed by atoms with Gasteiger partial charge in [0.15, 0.2) is 5.16 Å². The van der Waals surface area contributed by atoms with Crippen molar-refractivity contribution in [3.8, 4) is 11.4 Å². The van der Waals surface area contributed by atoms with Crippen LogP contribution < -0.4 is 10.3 Å². The summed E-state index contributed by atoms with van der Waals surface area (Å²) in [4.78, 5) is 21.0. The van der Waals surface area contributed by atoms with E-state index in [1.807, 2.05) is 55.5 Å². The SMILES string of the molecule is CCOc1ccc(-n2c(SCc3ccccc3Cl)nc3sc4c(c3c2=O)CCCC4)cc1. The van der Waals surface area contributed by atoms with Gasteiger partial charge in [0, 0.05) is 15.7 Å². The van der Waals surface area contributed by atoms with Gasteiger partial charge in [0.25, 0.3) is 5.56 Å². The molecule has 7 heteroatoms. The molecule has 0 saturated heterocycles. The van der Waals surface area contributed by atoms with Crippen LogP contribution in [0.3, 0.4) is 0 Å². The quantitative estimate of drug-likeness (QED) is 0.227. The maximum Gasteiger partial charge on any atom is 0.267 e. The predicted octanol–water partition coefficient (Wildman–Crippen LogP) is 6.67. The van der Waals surface area contributed by atoms with E-state index in [0.717, 1.165) is 51.5 Å². The molecule has 2 heterocycles. The molecule has 1 aliphatic carbocycles. The van der Waals surface area contributed by atoms with Gasteiger partial charge < -0.3 is 4.74 Å². The summed E-state index contributed by atoms with van der Waals surface area (Å²) in [5, 5.41) is 2.20. The van der Waals surface area contributed by atoms with Gasteiger partial charge in [0.05, 0.1) is 17.7 Å². The van der Waals surface area contributed by atoms with E-state index < -0.39 is 0 Å². The van der Waals surface area contributed by atoms with E-state index in [1.54, 1.807) is 27.7 Å². The van der Waals surface area contributed by atoms with E-state index in [1.165, 1.54) is 16.9 Å². The van der Waals surface area contributed by atoms with Crippen LogP contribution in [-0.2, 0) is 18.6 Å². The molecule has 0 spiro atoms. The number of nitrogens with zero attached hydrogens (tertiary/aromatic N) is 2. The number of thiophene rings is 1. The lowest BCUT2D eigenvalue weighted by molar-refractivity contribution is 0.340. The van der Waals surface area contributed by atoms with Crippen molar-refractivity contribution in [2.24, 2.45) is 0 Å². The number of halogens is 1. The second kappa shape index (κ2) is 9.30. The second-order valence-electron chi connectivity index (χ2n) is 7.73. The maximum atomic E-state index is 13.8. The van der Waals surface area contributed by atoms with Gasteiger partial charge in [0.1, 0.15) is 10.6 Å². The topological polar surface area (TPSA) is 44.1 Å². The summed E-state index contributed by atoms with van der Waals surface area (Å²) in [7, 11) is 0. The number of rotatable bonds is 6. The highest BCUT2D eigenvalue weighted by Gasteiger charge is 2.23. The van der Waals surface area contributed by atoms with Gasteiger partial charge in [0.2, 0.25) is 0 Å². The summed E-state index contributed by atoms with van der Waals surface area (Å²) in [5.41, 5.74) is 3.04. The number of hydrogen-bond acceptors (Lipinski definition) is 5. The predicted molar refractivity (Wildman–Crippen MR) is 134 cm³/mol. The molecule has 0 atom stereocenters. The molecule has 164 valence electrons. The maximum absolute atomic E-state index is 13.8. The Bertz CT molecular complexity index is 1330. The van der Waals surface area contributed by atoms with Crippen LogP contribution in [0.2, 0.25) is 5.02 Å². The lowest BCUT2D eigenvalue weighted by atomic mass is 9.97. The summed E-state index contributed by atoms with van der Waals surface area (Å²) in [6.07, 6.45) is 4.31. The molecular formula is C25H23ClN2O2S2. The first-order valence-corrected chi connectivity index (χ1v) is 13.0. The van der Waals surface area contributed by atoms with Crippen LogP contribution in [-0.4, -0.2) is 16.2 Å². The lowest BCUT2D eigenvalue weighted by Crippen LogP contribution is -2.22. The molecule has 4 aromatic rings. The first-order chi connectivity index (χ1) is 15.7. The average Bonchev–Trinajstić information content (AvgIpc) is 3.18. The Balaban J connectivity index is 1.64. The number of benzene rings is 2. The smallest absolute Gasteiger partial charge is 0.267 e. The van der Waals surface area contributed by atoms with Crippen LogP contribution in [0, 0.1) is 0 Å². The zero-order valence-electron chi connectivity index (χ0n) is 17.8. The van der Waals surface area contributed by atoms with Crippen LogP contribution in [0.1, 0.15) is 35.8 Å². The fraction of sp³-hybridized carbons (Fsp3) is 0.280. The third kappa shape index (κ3) is 4.07. The van der Waals surface area contributed by atoms with Gasteiger partial charge in [-0.25, -0.2) is 4.98 Å². The Morgan fingerprint density at radius 3 is 2.69 bits per heavy atom. The van der Waals surface area contributed by atoms with Crippen molar-refractivity contribution in [3.05, 3.63) is 79.9 Å². The Morgan fingerprint density at radius 2 is 1.91 bits per heavy atom. The second-order valence-corrected chi connectivity index (χ2v) is 10.2. The molecule has 0 N–H and O–H groups in total. The first-order valence-electron chi connectivity index (χ1n) is 10.8. The van der Waals surface area contributed by atoms with Crippen LogP contribution in [0.25, 0.3) is 15.9 Å². The van der Waals surface area contributed by atoms with Crippen molar-refractivity contribution in [1.29, 1.82) is 0 Å². The van der Waals surface area contributed by atoms with Gasteiger partial charge in [-0.15, -0.1) is 11.3 Å². The van der Waals surface area contributed by atoms with Crippen LogP contribution >= 0.6 is 34.7 Å². The Kier molecular flexibility index (Phi) is 6.26. The highest BCUT2D eigenvalue weighted by molar-refractivity contribution is 7.98. The Morgan fingerprint density at radius 1 is 1.12 bits per heavy atom. The molecule has 0 fully saturated rings. The summed E-state index contributed by atoms with van der Waals surface area (Å²) in [6, 6.07) is 15.5. The van der Waals surface area contributed by atoms with E-state index in [-0.39, 0.29) is 5.56 Å². The zero-order valence-corrected chi connectivity index (χ0v) is 20.2. The molecular weight excluding hydrogens is 460 g/mol. The molecule has 0 bridgehead atoms. The molecule has 4 nitrogen and oxygen atoms in total. The summed E-state index contributed by atoms with van der Waals surface area (Å²) < 4.78 is 7.34. The molecule has 0 aliphatic heterocycles. The lowest BCUT2D eigenvalue weighted by Gasteiger charge is -2.14. The van der Waals surface area contributed by atoms with Crippen LogP contribution in [0.4, 0.5) is 0 Å². The minimum Gasteiger partial charge on any atom is -0.494 e. The third-order valence-electron chi connectivity index (χ3n) is 5.68. The van der Waals surface area contributed by atoms with E-state index in [0.29, 0.717) is 17.5 Å². The molecule has 0 unspecified atom stereocenters. The molecule has 0 radical (unpaired) electrons. The minimum absolute atomic E-state index is 0.0141. The highest BCUT2D eigenvalue weighted by atomic mass is 35.5. The fourth-order valence-electron chi connectivity index (χ4n) is 4.13. The van der Waals surface area contributed by atoms with Crippen molar-refractivity contribution < 1.29 is 4.74 Å². The van der Waals surface area contributed by atoms with Gasteiger partial charge in [-0.1, -0.05) is 41.6 Å². The van der Waals surface area contributed by atoms with E-state index in [4.69, 9.17) is 21.3 Å². The van der Waals surface area contributed by atoms with E-state index in [2.05, 4.69) is 0 Å². The standard InChI is InChI=1S/C25H23ClN2O2S2/c1-2-30-18-13-11-17(12-14-18)28-24(29)22-19-8-4-6-10-21(19)32-23(22)27-25(28)31-15-16-7-3-5-9-20(16)26/h3,5,7,9,11-14H,2,4,6,8,10,15H2,1H3. The molecule has 0 saturated carbocycles. The van der Waals surface area contributed by atoms with Crippen molar-refractivity contribution in [1.82, 2.24) is 9.55 Å². The molecule has 32 heavy (non-hydrogen) atoms. The molecule has 0 amide bonds. The fourth-order valence-corrected chi connectivity index (χ4v) is 6.73. The average molecular weight is 483 g/mol. The third-order valence-corrected chi connectivity index (χ3v) is 8.22.